The highest BCUT2D eigenvalue weighted by Gasteiger charge is 2.17. The van der Waals surface area contributed by atoms with Gasteiger partial charge in [0.05, 0.1) is 42.7 Å². The minimum atomic E-state index is 0.457. The Morgan fingerprint density at radius 1 is 1.06 bits per heavy atom. The van der Waals surface area contributed by atoms with Gasteiger partial charge in [-0.3, -0.25) is 14.3 Å². The van der Waals surface area contributed by atoms with E-state index in [9.17, 15) is 0 Å². The number of ether oxygens (including phenoxy) is 3. The second-order valence-electron chi connectivity index (χ2n) is 7.84. The number of morpholine rings is 1. The van der Waals surface area contributed by atoms with Crippen molar-refractivity contribution in [3.05, 3.63) is 47.9 Å². The lowest BCUT2D eigenvalue weighted by Crippen LogP contribution is -2.35. The summed E-state index contributed by atoms with van der Waals surface area (Å²) in [5.41, 5.74) is 5.50. The van der Waals surface area contributed by atoms with Crippen molar-refractivity contribution in [3.8, 4) is 17.1 Å². The van der Waals surface area contributed by atoms with E-state index in [2.05, 4.69) is 42.7 Å². The number of hydrogen-bond acceptors (Lipinski definition) is 8. The van der Waals surface area contributed by atoms with E-state index < -0.39 is 0 Å². The van der Waals surface area contributed by atoms with Crippen molar-refractivity contribution in [3.63, 3.8) is 0 Å². The maximum absolute atomic E-state index is 5.74. The summed E-state index contributed by atoms with van der Waals surface area (Å²) in [4.78, 5) is 11.5. The molecule has 1 aliphatic heterocycles. The van der Waals surface area contributed by atoms with Crippen LogP contribution in [-0.2, 0) is 16.0 Å². The Hall–Kier alpha value is -3.14. The van der Waals surface area contributed by atoms with Crippen LogP contribution in [0.1, 0.15) is 11.3 Å². The van der Waals surface area contributed by atoms with Crippen LogP contribution in [0.3, 0.4) is 0 Å². The Morgan fingerprint density at radius 2 is 1.94 bits per heavy atom. The number of hydrogen-bond donors (Lipinski definition) is 0. The zero-order valence-corrected chi connectivity index (χ0v) is 18.3. The van der Waals surface area contributed by atoms with E-state index in [-0.39, 0.29) is 0 Å². The van der Waals surface area contributed by atoms with E-state index in [0.717, 1.165) is 60.8 Å². The van der Waals surface area contributed by atoms with Crippen LogP contribution < -0.4 is 4.74 Å². The molecule has 9 nitrogen and oxygen atoms in total. The third-order valence-corrected chi connectivity index (χ3v) is 5.59. The van der Waals surface area contributed by atoms with Crippen molar-refractivity contribution in [2.24, 2.45) is 0 Å². The zero-order chi connectivity index (χ0) is 21.9. The second-order valence-corrected chi connectivity index (χ2v) is 7.84. The summed E-state index contributed by atoms with van der Waals surface area (Å²) in [6, 6.07) is 8.33. The van der Waals surface area contributed by atoms with Crippen molar-refractivity contribution in [1.82, 2.24) is 29.5 Å². The standard InChI is InChI=1S/C23H26N6O3/c1-16-22-26-27-23(18-12-19(14-24-13-18)32-10-9-30-2)29(22)21-11-17(3-4-20(21)25-16)15-28-5-7-31-8-6-28/h3-4,11-14H,5-10,15H2,1-2H3. The molecule has 1 aromatic carbocycles. The van der Waals surface area contributed by atoms with E-state index in [1.165, 1.54) is 5.56 Å². The molecule has 0 aliphatic carbocycles. The SMILES string of the molecule is COCCOc1cncc(-c2nnc3c(C)nc4ccc(CN5CCOCC5)cc4n23)c1. The molecular formula is C23H26N6O3. The smallest absolute Gasteiger partial charge is 0.183 e. The number of aryl methyl sites for hydroxylation is 1. The third kappa shape index (κ3) is 4.14. The van der Waals surface area contributed by atoms with Crippen molar-refractivity contribution in [2.75, 3.05) is 46.6 Å². The van der Waals surface area contributed by atoms with Gasteiger partial charge in [-0.25, -0.2) is 4.98 Å². The summed E-state index contributed by atoms with van der Waals surface area (Å²) in [7, 11) is 1.65. The van der Waals surface area contributed by atoms with Crippen LogP contribution in [0.25, 0.3) is 28.1 Å². The quantitative estimate of drug-likeness (QED) is 0.410. The van der Waals surface area contributed by atoms with E-state index >= 15 is 0 Å². The van der Waals surface area contributed by atoms with Gasteiger partial charge < -0.3 is 14.2 Å². The van der Waals surface area contributed by atoms with Gasteiger partial charge in [-0.1, -0.05) is 6.07 Å². The van der Waals surface area contributed by atoms with Gasteiger partial charge in [0.25, 0.3) is 0 Å². The topological polar surface area (TPSA) is 86.9 Å². The van der Waals surface area contributed by atoms with Gasteiger partial charge >= 0.3 is 0 Å². The Bertz CT molecular complexity index is 1240. The van der Waals surface area contributed by atoms with Gasteiger partial charge in [-0.15, -0.1) is 10.2 Å². The molecule has 32 heavy (non-hydrogen) atoms. The molecule has 0 atom stereocenters. The number of methoxy groups -OCH3 is 1. The second kappa shape index (κ2) is 9.15. The number of nitrogens with zero attached hydrogens (tertiary/aromatic N) is 6. The Morgan fingerprint density at radius 3 is 2.78 bits per heavy atom. The average Bonchev–Trinajstić information content (AvgIpc) is 3.27. The van der Waals surface area contributed by atoms with Crippen LogP contribution >= 0.6 is 0 Å². The first-order chi connectivity index (χ1) is 15.7. The largest absolute Gasteiger partial charge is 0.490 e. The lowest BCUT2D eigenvalue weighted by molar-refractivity contribution is 0.0342. The third-order valence-electron chi connectivity index (χ3n) is 5.59. The first kappa shape index (κ1) is 20.7. The lowest BCUT2D eigenvalue weighted by atomic mass is 10.1. The molecule has 0 unspecified atom stereocenters. The van der Waals surface area contributed by atoms with Crippen LogP contribution in [0, 0.1) is 6.92 Å². The predicted molar refractivity (Wildman–Crippen MR) is 120 cm³/mol. The van der Waals surface area contributed by atoms with Gasteiger partial charge in [-0.05, 0) is 30.7 Å². The molecular weight excluding hydrogens is 408 g/mol. The van der Waals surface area contributed by atoms with E-state index in [1.54, 1.807) is 19.5 Å². The average molecular weight is 435 g/mol. The molecule has 3 aromatic heterocycles. The predicted octanol–water partition coefficient (Wildman–Crippen LogP) is 2.51. The maximum Gasteiger partial charge on any atom is 0.183 e. The summed E-state index contributed by atoms with van der Waals surface area (Å²) in [5, 5.41) is 8.92. The lowest BCUT2D eigenvalue weighted by Gasteiger charge is -2.26. The molecule has 166 valence electrons. The highest BCUT2D eigenvalue weighted by molar-refractivity contribution is 5.81. The minimum Gasteiger partial charge on any atom is -0.490 e. The maximum atomic E-state index is 5.74. The van der Waals surface area contributed by atoms with Gasteiger partial charge in [-0.2, -0.15) is 0 Å². The van der Waals surface area contributed by atoms with Gasteiger partial charge in [0, 0.05) is 38.5 Å². The summed E-state index contributed by atoms with van der Waals surface area (Å²) in [5.74, 6) is 1.38. The Labute approximate surface area is 186 Å². The minimum absolute atomic E-state index is 0.457. The summed E-state index contributed by atoms with van der Waals surface area (Å²) in [6.45, 7) is 7.25. The summed E-state index contributed by atoms with van der Waals surface area (Å²) in [6.07, 6.45) is 3.46. The first-order valence-corrected chi connectivity index (χ1v) is 10.7. The van der Waals surface area contributed by atoms with Crippen LogP contribution in [0.4, 0.5) is 0 Å². The summed E-state index contributed by atoms with van der Waals surface area (Å²) < 4.78 is 18.3. The molecule has 4 aromatic rings. The molecule has 0 amide bonds. The number of benzene rings is 1. The zero-order valence-electron chi connectivity index (χ0n) is 18.3. The van der Waals surface area contributed by atoms with E-state index in [0.29, 0.717) is 24.8 Å². The molecule has 0 N–H and O–H groups in total. The number of rotatable bonds is 7. The molecule has 0 radical (unpaired) electrons. The van der Waals surface area contributed by atoms with Crippen LogP contribution in [0.15, 0.2) is 36.7 Å². The summed E-state index contributed by atoms with van der Waals surface area (Å²) >= 11 is 0. The Balaban J connectivity index is 1.57. The highest BCUT2D eigenvalue weighted by Crippen LogP contribution is 2.27. The fraction of sp³-hybridized carbons (Fsp3) is 0.391. The van der Waals surface area contributed by atoms with Crippen molar-refractivity contribution >= 4 is 16.7 Å². The molecule has 0 bridgehead atoms. The van der Waals surface area contributed by atoms with Crippen molar-refractivity contribution < 1.29 is 14.2 Å². The normalized spacial score (nSPS) is 14.9. The number of fused-ring (bicyclic) bond motifs is 3. The number of pyridine rings is 1. The Kier molecular flexibility index (Phi) is 5.93. The van der Waals surface area contributed by atoms with Crippen LogP contribution in [0.5, 0.6) is 5.75 Å². The molecule has 5 rings (SSSR count). The van der Waals surface area contributed by atoms with Gasteiger partial charge in [0.1, 0.15) is 12.4 Å². The first-order valence-electron chi connectivity index (χ1n) is 10.7. The van der Waals surface area contributed by atoms with Gasteiger partial charge in [0.2, 0.25) is 0 Å². The fourth-order valence-electron chi connectivity index (χ4n) is 3.99. The van der Waals surface area contributed by atoms with Crippen molar-refractivity contribution in [2.45, 2.75) is 13.5 Å². The molecule has 1 fully saturated rings. The van der Waals surface area contributed by atoms with E-state index in [1.807, 2.05) is 13.0 Å². The van der Waals surface area contributed by atoms with Crippen molar-refractivity contribution in [1.29, 1.82) is 0 Å². The molecule has 4 heterocycles. The van der Waals surface area contributed by atoms with Crippen LogP contribution in [0.2, 0.25) is 0 Å². The monoisotopic (exact) mass is 434 g/mol. The molecule has 1 saturated heterocycles. The molecule has 1 aliphatic rings. The molecule has 9 heteroatoms. The van der Waals surface area contributed by atoms with Gasteiger partial charge in [0.15, 0.2) is 11.5 Å². The number of aromatic nitrogens is 5. The fourth-order valence-corrected chi connectivity index (χ4v) is 3.99. The molecule has 0 saturated carbocycles. The molecule has 0 spiro atoms. The highest BCUT2D eigenvalue weighted by atomic mass is 16.5. The van der Waals surface area contributed by atoms with Crippen LogP contribution in [-0.4, -0.2) is 76.1 Å². The van der Waals surface area contributed by atoms with E-state index in [4.69, 9.17) is 19.2 Å².